The molecule has 0 bridgehead atoms. The van der Waals surface area contributed by atoms with E-state index >= 15 is 0 Å². The number of hydrogen-bond donors (Lipinski definition) is 1. The van der Waals surface area contributed by atoms with Gasteiger partial charge in [0.1, 0.15) is 11.6 Å². The first-order valence-corrected chi connectivity index (χ1v) is 9.99. The second-order valence-corrected chi connectivity index (χ2v) is 8.84. The average Bonchev–Trinajstić information content (AvgIpc) is 2.92. The Morgan fingerprint density at radius 2 is 2.00 bits per heavy atom. The fraction of sp³-hybridized carbons (Fsp3) is 0.444. The monoisotopic (exact) mass is 361 g/mol. The van der Waals surface area contributed by atoms with Crippen LogP contribution in [0.1, 0.15) is 31.7 Å². The summed E-state index contributed by atoms with van der Waals surface area (Å²) in [4.78, 5) is 13.9. The Morgan fingerprint density at radius 1 is 1.36 bits per heavy atom. The molecule has 7 heteroatoms. The highest BCUT2D eigenvalue weighted by molar-refractivity contribution is 7.91. The van der Waals surface area contributed by atoms with Gasteiger partial charge in [0.25, 0.3) is 5.91 Å². The number of anilines is 1. The van der Waals surface area contributed by atoms with E-state index in [0.29, 0.717) is 18.0 Å². The van der Waals surface area contributed by atoms with Crippen molar-refractivity contribution >= 4 is 21.4 Å². The van der Waals surface area contributed by atoms with E-state index in [1.807, 2.05) is 18.2 Å². The maximum Gasteiger partial charge on any atom is 0.267 e. The van der Waals surface area contributed by atoms with Crippen molar-refractivity contribution in [3.8, 4) is 6.07 Å². The predicted molar refractivity (Wildman–Crippen MR) is 97.7 cm³/mol. The van der Waals surface area contributed by atoms with Gasteiger partial charge in [-0.3, -0.25) is 4.79 Å². The number of nitrogens with zero attached hydrogens (tertiary/aromatic N) is 2. The van der Waals surface area contributed by atoms with Crippen molar-refractivity contribution in [3.63, 3.8) is 0 Å². The van der Waals surface area contributed by atoms with Gasteiger partial charge in [-0.1, -0.05) is 26.0 Å². The number of benzene rings is 1. The number of nitrogens with one attached hydrogen (secondary N) is 1. The molecule has 0 spiro atoms. The lowest BCUT2D eigenvalue weighted by Crippen LogP contribution is -2.29. The summed E-state index contributed by atoms with van der Waals surface area (Å²) in [5, 5.41) is 12.0. The van der Waals surface area contributed by atoms with Gasteiger partial charge in [-0.2, -0.15) is 5.26 Å². The second-order valence-electron chi connectivity index (χ2n) is 6.61. The average molecular weight is 361 g/mol. The maximum absolute atomic E-state index is 12.3. The normalized spacial score (nSPS) is 19.5. The molecule has 1 unspecified atom stereocenters. The van der Waals surface area contributed by atoms with Crippen LogP contribution in [0.15, 0.2) is 36.0 Å². The molecule has 2 rings (SSSR count). The molecule has 134 valence electrons. The SMILES string of the molecule is CC(C)c1ccc(NC(=O)/C(C#N)=C\N(C)C2CCS(=O)(=O)C2)cc1. The van der Waals surface area contributed by atoms with E-state index < -0.39 is 15.7 Å². The third kappa shape index (κ3) is 5.07. The molecule has 1 aliphatic rings. The van der Waals surface area contributed by atoms with E-state index in [0.717, 1.165) is 5.56 Å². The van der Waals surface area contributed by atoms with E-state index in [1.165, 1.54) is 6.20 Å². The van der Waals surface area contributed by atoms with E-state index in [-0.39, 0.29) is 23.1 Å². The van der Waals surface area contributed by atoms with Crippen LogP contribution in [0, 0.1) is 11.3 Å². The molecule has 1 heterocycles. The molecular weight excluding hydrogens is 338 g/mol. The molecule has 1 aromatic rings. The molecule has 1 amide bonds. The summed E-state index contributed by atoms with van der Waals surface area (Å²) in [5.74, 6) is 0.0894. The first-order valence-electron chi connectivity index (χ1n) is 8.17. The number of hydrogen-bond acceptors (Lipinski definition) is 5. The van der Waals surface area contributed by atoms with Crippen LogP contribution in [0.3, 0.4) is 0 Å². The highest BCUT2D eigenvalue weighted by atomic mass is 32.2. The molecule has 1 atom stereocenters. The molecule has 1 saturated heterocycles. The third-order valence-corrected chi connectivity index (χ3v) is 6.07. The molecule has 1 aromatic carbocycles. The van der Waals surface area contributed by atoms with Crippen LogP contribution in [-0.2, 0) is 14.6 Å². The minimum atomic E-state index is -3.02. The molecule has 0 radical (unpaired) electrons. The molecule has 0 aromatic heterocycles. The minimum Gasteiger partial charge on any atom is -0.375 e. The lowest BCUT2D eigenvalue weighted by molar-refractivity contribution is -0.112. The molecule has 25 heavy (non-hydrogen) atoms. The zero-order chi connectivity index (χ0) is 18.6. The standard InChI is InChI=1S/C18H23N3O3S/c1-13(2)14-4-6-16(7-5-14)20-18(22)15(10-19)11-21(3)17-8-9-25(23,24)12-17/h4-7,11,13,17H,8-9,12H2,1-3H3,(H,20,22)/b15-11-. The summed E-state index contributed by atoms with van der Waals surface area (Å²) in [7, 11) is -1.33. The Bertz CT molecular complexity index is 805. The number of nitriles is 1. The van der Waals surface area contributed by atoms with Gasteiger partial charge in [0.15, 0.2) is 9.84 Å². The molecule has 1 N–H and O–H groups in total. The number of rotatable bonds is 5. The van der Waals surface area contributed by atoms with Crippen LogP contribution < -0.4 is 5.32 Å². The number of amides is 1. The minimum absolute atomic E-state index is 0.0526. The van der Waals surface area contributed by atoms with Crippen LogP contribution >= 0.6 is 0 Å². The lowest BCUT2D eigenvalue weighted by Gasteiger charge is -2.21. The number of sulfone groups is 1. The molecule has 0 aliphatic carbocycles. The maximum atomic E-state index is 12.3. The predicted octanol–water partition coefficient (Wildman–Crippen LogP) is 2.27. The van der Waals surface area contributed by atoms with Crippen LogP contribution in [0.4, 0.5) is 5.69 Å². The smallest absolute Gasteiger partial charge is 0.267 e. The number of carbonyl (C=O) groups is 1. The summed E-state index contributed by atoms with van der Waals surface area (Å²) < 4.78 is 23.1. The Hall–Kier alpha value is -2.33. The lowest BCUT2D eigenvalue weighted by atomic mass is 10.0. The molecule has 6 nitrogen and oxygen atoms in total. The Kier molecular flexibility index (Phi) is 5.85. The van der Waals surface area contributed by atoms with Crippen molar-refractivity contribution in [3.05, 3.63) is 41.6 Å². The van der Waals surface area contributed by atoms with Crippen LogP contribution in [0.2, 0.25) is 0 Å². The first kappa shape index (κ1) is 19.0. The summed E-state index contributed by atoms with van der Waals surface area (Å²) in [5.41, 5.74) is 1.72. The van der Waals surface area contributed by atoms with Gasteiger partial charge in [0.05, 0.1) is 11.5 Å². The van der Waals surface area contributed by atoms with E-state index in [1.54, 1.807) is 24.1 Å². The van der Waals surface area contributed by atoms with Gasteiger partial charge < -0.3 is 10.2 Å². The van der Waals surface area contributed by atoms with Gasteiger partial charge in [-0.05, 0) is 30.0 Å². The van der Waals surface area contributed by atoms with Crippen LogP contribution in [0.25, 0.3) is 0 Å². The van der Waals surface area contributed by atoms with Crippen molar-refractivity contribution in [1.82, 2.24) is 4.90 Å². The molecule has 0 saturated carbocycles. The second kappa shape index (κ2) is 7.70. The Labute approximate surface area is 149 Å². The van der Waals surface area contributed by atoms with Gasteiger partial charge in [0.2, 0.25) is 0 Å². The van der Waals surface area contributed by atoms with Gasteiger partial charge >= 0.3 is 0 Å². The van der Waals surface area contributed by atoms with Crippen LogP contribution in [0.5, 0.6) is 0 Å². The molecule has 1 aliphatic heterocycles. The van der Waals surface area contributed by atoms with E-state index in [9.17, 15) is 18.5 Å². The largest absolute Gasteiger partial charge is 0.375 e. The van der Waals surface area contributed by atoms with E-state index in [2.05, 4.69) is 19.2 Å². The van der Waals surface area contributed by atoms with Crippen molar-refractivity contribution < 1.29 is 13.2 Å². The Morgan fingerprint density at radius 3 is 2.48 bits per heavy atom. The van der Waals surface area contributed by atoms with E-state index in [4.69, 9.17) is 0 Å². The molecule has 1 fully saturated rings. The highest BCUT2D eigenvalue weighted by Crippen LogP contribution is 2.19. The van der Waals surface area contributed by atoms with Crippen molar-refractivity contribution in [2.24, 2.45) is 0 Å². The van der Waals surface area contributed by atoms with Crippen molar-refractivity contribution in [1.29, 1.82) is 5.26 Å². The third-order valence-electron chi connectivity index (χ3n) is 4.32. The zero-order valence-electron chi connectivity index (χ0n) is 14.7. The highest BCUT2D eigenvalue weighted by Gasteiger charge is 2.30. The van der Waals surface area contributed by atoms with Gasteiger partial charge in [0, 0.05) is 25.0 Å². The summed E-state index contributed by atoms with van der Waals surface area (Å²) in [6, 6.07) is 9.16. The van der Waals surface area contributed by atoms with Gasteiger partial charge in [-0.25, -0.2) is 8.42 Å². The fourth-order valence-electron chi connectivity index (χ4n) is 2.69. The fourth-order valence-corrected chi connectivity index (χ4v) is 4.48. The van der Waals surface area contributed by atoms with Crippen LogP contribution in [-0.4, -0.2) is 43.8 Å². The van der Waals surface area contributed by atoms with Crippen molar-refractivity contribution in [2.45, 2.75) is 32.2 Å². The quantitative estimate of drug-likeness (QED) is 0.642. The number of carbonyl (C=O) groups excluding carboxylic acids is 1. The topological polar surface area (TPSA) is 90.3 Å². The first-order chi connectivity index (χ1) is 11.7. The zero-order valence-corrected chi connectivity index (χ0v) is 15.5. The molecular formula is C18H23N3O3S. The summed E-state index contributed by atoms with van der Waals surface area (Å²) in [6.45, 7) is 4.17. The Balaban J connectivity index is 2.06. The van der Waals surface area contributed by atoms with Gasteiger partial charge in [-0.15, -0.1) is 0 Å². The summed E-state index contributed by atoms with van der Waals surface area (Å²) >= 11 is 0. The van der Waals surface area contributed by atoms with Crippen molar-refractivity contribution in [2.75, 3.05) is 23.9 Å². The summed E-state index contributed by atoms with van der Waals surface area (Å²) in [6.07, 6.45) is 1.93.